The van der Waals surface area contributed by atoms with Crippen molar-refractivity contribution in [2.45, 2.75) is 0 Å². The Morgan fingerprint density at radius 1 is 0.967 bits per heavy atom. The normalized spacial score (nSPS) is 12.0. The zero-order valence-electron chi connectivity index (χ0n) is 15.5. The van der Waals surface area contributed by atoms with E-state index in [0.29, 0.717) is 22.6 Å². The maximum atomic E-state index is 13.2. The molecule has 7 nitrogen and oxygen atoms in total. The van der Waals surface area contributed by atoms with Crippen LogP contribution in [0.25, 0.3) is 0 Å². The molecule has 1 aliphatic rings. The molecule has 0 spiro atoms. The molecule has 3 aromatic rings. The highest BCUT2D eigenvalue weighted by atomic mass is 19.1. The highest BCUT2D eigenvalue weighted by Crippen LogP contribution is 2.32. The second-order valence-corrected chi connectivity index (χ2v) is 6.20. The minimum atomic E-state index is -0.585. The minimum absolute atomic E-state index is 0.106. The van der Waals surface area contributed by atoms with E-state index in [1.807, 2.05) is 0 Å². The van der Waals surface area contributed by atoms with Gasteiger partial charge in [-0.15, -0.1) is 0 Å². The second kappa shape index (κ2) is 8.44. The van der Waals surface area contributed by atoms with Crippen molar-refractivity contribution in [2.75, 3.05) is 6.79 Å². The van der Waals surface area contributed by atoms with Gasteiger partial charge in [-0.25, -0.2) is 14.6 Å². The maximum absolute atomic E-state index is 13.2. The van der Waals surface area contributed by atoms with Crippen molar-refractivity contribution in [3.63, 3.8) is 0 Å². The summed E-state index contributed by atoms with van der Waals surface area (Å²) >= 11 is 0. The number of esters is 1. The van der Waals surface area contributed by atoms with E-state index in [9.17, 15) is 14.0 Å². The van der Waals surface area contributed by atoms with Crippen LogP contribution in [0, 0.1) is 5.82 Å². The molecule has 1 heterocycles. The van der Waals surface area contributed by atoms with Gasteiger partial charge >= 0.3 is 5.97 Å². The van der Waals surface area contributed by atoms with E-state index in [4.69, 9.17) is 14.2 Å². The summed E-state index contributed by atoms with van der Waals surface area (Å²) in [6.07, 6.45) is 1.33. The molecule has 0 bridgehead atoms. The molecule has 150 valence electrons. The van der Waals surface area contributed by atoms with Gasteiger partial charge in [0.15, 0.2) is 11.5 Å². The van der Waals surface area contributed by atoms with E-state index in [-0.39, 0.29) is 18.1 Å². The van der Waals surface area contributed by atoms with E-state index in [0.717, 1.165) is 6.07 Å². The molecule has 0 atom stereocenters. The number of nitrogens with one attached hydrogen (secondary N) is 1. The van der Waals surface area contributed by atoms with Crippen LogP contribution >= 0.6 is 0 Å². The number of benzene rings is 3. The summed E-state index contributed by atoms with van der Waals surface area (Å²) in [5.41, 5.74) is 3.20. The number of hydrazone groups is 1. The lowest BCUT2D eigenvalue weighted by molar-refractivity contribution is 0.0733. The first-order valence-electron chi connectivity index (χ1n) is 8.90. The highest BCUT2D eigenvalue weighted by molar-refractivity contribution is 5.96. The van der Waals surface area contributed by atoms with Gasteiger partial charge in [-0.3, -0.25) is 4.79 Å². The lowest BCUT2D eigenvalue weighted by atomic mass is 10.2. The van der Waals surface area contributed by atoms with Gasteiger partial charge in [-0.1, -0.05) is 18.2 Å². The molecule has 3 aromatic carbocycles. The second-order valence-electron chi connectivity index (χ2n) is 6.20. The van der Waals surface area contributed by atoms with Crippen LogP contribution in [-0.2, 0) is 0 Å². The molecule has 30 heavy (non-hydrogen) atoms. The first kappa shape index (κ1) is 19.1. The summed E-state index contributed by atoms with van der Waals surface area (Å²) in [6.45, 7) is 0.106. The largest absolute Gasteiger partial charge is 0.454 e. The van der Waals surface area contributed by atoms with E-state index >= 15 is 0 Å². The van der Waals surface area contributed by atoms with Crippen LogP contribution in [-0.4, -0.2) is 24.9 Å². The molecule has 0 unspecified atom stereocenters. The Morgan fingerprint density at radius 2 is 1.80 bits per heavy atom. The van der Waals surface area contributed by atoms with Crippen LogP contribution in [0.5, 0.6) is 17.2 Å². The molecule has 0 aromatic heterocycles. The van der Waals surface area contributed by atoms with Crippen molar-refractivity contribution in [3.05, 3.63) is 89.2 Å². The van der Waals surface area contributed by atoms with Crippen LogP contribution in [0.15, 0.2) is 71.8 Å². The standard InChI is InChI=1S/C22H15FN2O5/c23-17-6-3-5-14(10-17)21(26)25-24-12-16-4-1-2-7-18(16)30-22(27)15-8-9-19-20(11-15)29-13-28-19/h1-12H,13H2,(H,25,26). The average Bonchev–Trinajstić information content (AvgIpc) is 3.22. The molecule has 1 aliphatic heterocycles. The number of ether oxygens (including phenoxy) is 3. The third-order valence-electron chi connectivity index (χ3n) is 4.19. The fourth-order valence-corrected chi connectivity index (χ4v) is 2.72. The molecule has 0 saturated heterocycles. The van der Waals surface area contributed by atoms with E-state index in [1.54, 1.807) is 42.5 Å². The Kier molecular flexibility index (Phi) is 5.38. The van der Waals surface area contributed by atoms with Gasteiger partial charge in [-0.2, -0.15) is 5.10 Å². The minimum Gasteiger partial charge on any atom is -0.454 e. The number of fused-ring (bicyclic) bond motifs is 1. The monoisotopic (exact) mass is 406 g/mol. The van der Waals surface area contributed by atoms with Crippen LogP contribution in [0.4, 0.5) is 4.39 Å². The third kappa shape index (κ3) is 4.27. The molecule has 0 fully saturated rings. The average molecular weight is 406 g/mol. The maximum Gasteiger partial charge on any atom is 0.343 e. The summed E-state index contributed by atoms with van der Waals surface area (Å²) in [7, 11) is 0. The molecule has 0 aliphatic carbocycles. The van der Waals surface area contributed by atoms with Crippen molar-refractivity contribution < 1.29 is 28.2 Å². The number of hydrogen-bond donors (Lipinski definition) is 1. The van der Waals surface area contributed by atoms with Crippen molar-refractivity contribution in [1.29, 1.82) is 0 Å². The zero-order valence-corrected chi connectivity index (χ0v) is 15.5. The Hall–Kier alpha value is -4.20. The van der Waals surface area contributed by atoms with Gasteiger partial charge < -0.3 is 14.2 Å². The number of carbonyl (C=O) groups is 2. The van der Waals surface area contributed by atoms with Crippen molar-refractivity contribution in [2.24, 2.45) is 5.10 Å². The molecular weight excluding hydrogens is 391 g/mol. The van der Waals surface area contributed by atoms with E-state index in [1.165, 1.54) is 24.4 Å². The van der Waals surface area contributed by atoms with Crippen LogP contribution in [0.3, 0.4) is 0 Å². The fourth-order valence-electron chi connectivity index (χ4n) is 2.72. The van der Waals surface area contributed by atoms with Crippen molar-refractivity contribution in [1.82, 2.24) is 5.43 Å². The zero-order chi connectivity index (χ0) is 20.9. The number of nitrogens with zero attached hydrogens (tertiary/aromatic N) is 1. The number of halogens is 1. The fraction of sp³-hybridized carbons (Fsp3) is 0.0455. The Morgan fingerprint density at radius 3 is 2.67 bits per heavy atom. The number of rotatable bonds is 5. The molecule has 1 amide bonds. The molecule has 4 rings (SSSR count). The predicted molar refractivity (Wildman–Crippen MR) is 105 cm³/mol. The molecular formula is C22H15FN2O5. The van der Waals surface area contributed by atoms with Crippen LogP contribution < -0.4 is 19.6 Å². The van der Waals surface area contributed by atoms with Gasteiger partial charge in [-0.05, 0) is 48.5 Å². The van der Waals surface area contributed by atoms with Gasteiger partial charge in [0.05, 0.1) is 11.8 Å². The van der Waals surface area contributed by atoms with Crippen molar-refractivity contribution in [3.8, 4) is 17.2 Å². The number of carbonyl (C=O) groups excluding carboxylic acids is 2. The SMILES string of the molecule is O=C(NN=Cc1ccccc1OC(=O)c1ccc2c(c1)OCO2)c1cccc(F)c1. The summed E-state index contributed by atoms with van der Waals surface area (Å²) in [6, 6.07) is 16.7. The third-order valence-corrected chi connectivity index (χ3v) is 4.19. The van der Waals surface area contributed by atoms with Gasteiger partial charge in [0.25, 0.3) is 5.91 Å². The lowest BCUT2D eigenvalue weighted by Crippen LogP contribution is -2.17. The predicted octanol–water partition coefficient (Wildman–Crippen LogP) is 3.54. The Bertz CT molecular complexity index is 1150. The van der Waals surface area contributed by atoms with E-state index in [2.05, 4.69) is 10.5 Å². The first-order chi connectivity index (χ1) is 14.6. The number of para-hydroxylation sites is 1. The molecule has 0 saturated carbocycles. The van der Waals surface area contributed by atoms with Crippen molar-refractivity contribution >= 4 is 18.1 Å². The molecule has 8 heteroatoms. The Labute approximate surface area is 170 Å². The first-order valence-corrected chi connectivity index (χ1v) is 8.90. The van der Waals surface area contributed by atoms with Gasteiger partial charge in [0.2, 0.25) is 6.79 Å². The summed E-state index contributed by atoms with van der Waals surface area (Å²) in [5, 5.41) is 3.86. The van der Waals surface area contributed by atoms with Gasteiger partial charge in [0, 0.05) is 11.1 Å². The topological polar surface area (TPSA) is 86.2 Å². The van der Waals surface area contributed by atoms with Crippen LogP contribution in [0.1, 0.15) is 26.3 Å². The summed E-state index contributed by atoms with van der Waals surface area (Å²) in [5.74, 6) is -0.387. The lowest BCUT2D eigenvalue weighted by Gasteiger charge is -2.08. The highest BCUT2D eigenvalue weighted by Gasteiger charge is 2.18. The van der Waals surface area contributed by atoms with Crippen LogP contribution in [0.2, 0.25) is 0 Å². The molecule has 1 N–H and O–H groups in total. The van der Waals surface area contributed by atoms with Gasteiger partial charge in [0.1, 0.15) is 11.6 Å². The van der Waals surface area contributed by atoms with E-state index < -0.39 is 17.7 Å². The quantitative estimate of drug-likeness (QED) is 0.303. The summed E-state index contributed by atoms with van der Waals surface area (Å²) < 4.78 is 29.2. The smallest absolute Gasteiger partial charge is 0.343 e. The number of amides is 1. The molecule has 0 radical (unpaired) electrons. The summed E-state index contributed by atoms with van der Waals surface area (Å²) in [4.78, 5) is 24.5. The number of hydrogen-bond acceptors (Lipinski definition) is 6. The Balaban J connectivity index is 1.45.